The van der Waals surface area contributed by atoms with Crippen LogP contribution in [0.3, 0.4) is 0 Å². The minimum atomic E-state index is -0.527. The average Bonchev–Trinajstić information content (AvgIpc) is 4.14. The van der Waals surface area contributed by atoms with E-state index in [1.165, 1.54) is 116 Å². The second-order valence-electron chi connectivity index (χ2n) is 20.8. The minimum absolute atomic E-state index is 0.527. The molecule has 14 aromatic rings. The van der Waals surface area contributed by atoms with Crippen molar-refractivity contribution in [2.75, 3.05) is 4.90 Å². The van der Waals surface area contributed by atoms with Gasteiger partial charge in [-0.1, -0.05) is 224 Å². The molecule has 2 heteroatoms. The van der Waals surface area contributed by atoms with Gasteiger partial charge in [-0.25, -0.2) is 0 Å². The van der Waals surface area contributed by atoms with Gasteiger partial charge < -0.3 is 9.47 Å². The Morgan fingerprint density at radius 3 is 1.44 bits per heavy atom. The van der Waals surface area contributed by atoms with E-state index in [0.29, 0.717) is 0 Å². The van der Waals surface area contributed by atoms with Crippen LogP contribution in [0.1, 0.15) is 22.3 Å². The van der Waals surface area contributed by atoms with Gasteiger partial charge in [0, 0.05) is 38.9 Å². The second-order valence-corrected chi connectivity index (χ2v) is 20.8. The molecule has 0 saturated carbocycles. The van der Waals surface area contributed by atoms with Gasteiger partial charge in [0.25, 0.3) is 0 Å². The van der Waals surface area contributed by atoms with Crippen LogP contribution in [-0.4, -0.2) is 4.57 Å². The van der Waals surface area contributed by atoms with Crippen LogP contribution in [0.5, 0.6) is 0 Å². The first-order chi connectivity index (χ1) is 38.2. The molecule has 0 saturated heterocycles. The zero-order valence-corrected chi connectivity index (χ0v) is 42.1. The molecule has 1 spiro atoms. The number of hydrogen-bond donors (Lipinski definition) is 0. The van der Waals surface area contributed by atoms with Gasteiger partial charge in [0.05, 0.1) is 16.4 Å². The number of hydrogen-bond acceptors (Lipinski definition) is 1. The molecule has 0 N–H and O–H groups in total. The maximum atomic E-state index is 2.50. The van der Waals surface area contributed by atoms with Gasteiger partial charge in [-0.3, -0.25) is 0 Å². The zero-order valence-electron chi connectivity index (χ0n) is 42.1. The molecule has 358 valence electrons. The van der Waals surface area contributed by atoms with Gasteiger partial charge in [-0.2, -0.15) is 0 Å². The summed E-state index contributed by atoms with van der Waals surface area (Å²) in [4.78, 5) is 2.45. The summed E-state index contributed by atoms with van der Waals surface area (Å²) >= 11 is 0. The maximum absolute atomic E-state index is 2.50. The van der Waals surface area contributed by atoms with E-state index < -0.39 is 5.41 Å². The van der Waals surface area contributed by atoms with Crippen molar-refractivity contribution >= 4 is 60.4 Å². The van der Waals surface area contributed by atoms with Crippen molar-refractivity contribution in [1.82, 2.24) is 4.57 Å². The SMILES string of the molecule is c1ccc(-c2ccc3c(c2)C2(c4ccccc4-3)c3ccccc3-c3ccc(N(c4ccc(-c5ccc6ccccc6c5)cc4)c4ccc(-c5ccc6c7ccc8ccccc8c7n(-c7ccccc7)c6c5)cc4)cc32)cc1. The number of nitrogens with zero attached hydrogens (tertiary/aromatic N) is 2. The Hall–Kier alpha value is -10.0. The Morgan fingerprint density at radius 1 is 0.260 bits per heavy atom. The summed E-state index contributed by atoms with van der Waals surface area (Å²) < 4.78 is 2.46. The molecule has 0 bridgehead atoms. The molecule has 2 nitrogen and oxygen atoms in total. The Morgan fingerprint density at radius 2 is 0.727 bits per heavy atom. The third kappa shape index (κ3) is 6.56. The molecule has 0 amide bonds. The second kappa shape index (κ2) is 17.0. The first kappa shape index (κ1) is 43.4. The molecule has 0 radical (unpaired) electrons. The third-order valence-corrected chi connectivity index (χ3v) is 16.8. The van der Waals surface area contributed by atoms with E-state index >= 15 is 0 Å². The number of anilines is 3. The Kier molecular flexibility index (Phi) is 9.58. The first-order valence-corrected chi connectivity index (χ1v) is 26.7. The van der Waals surface area contributed by atoms with E-state index in [0.717, 1.165) is 28.3 Å². The molecule has 16 rings (SSSR count). The van der Waals surface area contributed by atoms with E-state index in [9.17, 15) is 0 Å². The zero-order chi connectivity index (χ0) is 50.6. The van der Waals surface area contributed by atoms with Gasteiger partial charge in [0.15, 0.2) is 0 Å². The molecule has 77 heavy (non-hydrogen) atoms. The lowest BCUT2D eigenvalue weighted by atomic mass is 9.70. The van der Waals surface area contributed by atoms with Gasteiger partial charge in [0.1, 0.15) is 0 Å². The summed E-state index contributed by atoms with van der Waals surface area (Å²) in [6.07, 6.45) is 0. The summed E-state index contributed by atoms with van der Waals surface area (Å²) in [6, 6.07) is 108. The molecule has 0 aliphatic heterocycles. The molecular weight excluding hydrogens is 929 g/mol. The summed E-state index contributed by atoms with van der Waals surface area (Å²) in [6.45, 7) is 0. The molecular formula is C75H48N2. The van der Waals surface area contributed by atoms with Crippen LogP contribution in [0.4, 0.5) is 17.1 Å². The standard InChI is InChI=1S/C75H48N2/c1-3-15-49(16-4-1)56-34-41-65-63-23-11-13-25-69(63)75(71(65)46-56)70-26-14-12-24-64(70)66-44-40-61(48-72(66)75)76(59-36-29-51(30-37-59)55-28-27-50-17-7-8-19-54(50)45-55)60-38-31-52(32-39-60)57-35-42-67-68-43-33-53-18-9-10-22-62(53)74(68)77(73(67)47-57)58-20-5-2-6-21-58/h1-48H. The van der Waals surface area contributed by atoms with Crippen molar-refractivity contribution < 1.29 is 0 Å². The Balaban J connectivity index is 0.871. The van der Waals surface area contributed by atoms with Gasteiger partial charge in [-0.15, -0.1) is 0 Å². The first-order valence-electron chi connectivity index (χ1n) is 26.7. The summed E-state index contributed by atoms with van der Waals surface area (Å²) in [5.74, 6) is 0. The highest BCUT2D eigenvalue weighted by Crippen LogP contribution is 2.64. The van der Waals surface area contributed by atoms with Crippen molar-refractivity contribution in [2.24, 2.45) is 0 Å². The van der Waals surface area contributed by atoms with Crippen LogP contribution in [-0.2, 0) is 5.41 Å². The predicted octanol–water partition coefficient (Wildman–Crippen LogP) is 19.9. The highest BCUT2D eigenvalue weighted by molar-refractivity contribution is 6.19. The summed E-state index contributed by atoms with van der Waals surface area (Å²) in [5.41, 5.74) is 23.9. The summed E-state index contributed by atoms with van der Waals surface area (Å²) in [7, 11) is 0. The smallest absolute Gasteiger partial charge is 0.0726 e. The van der Waals surface area contributed by atoms with E-state index in [1.54, 1.807) is 0 Å². The molecule has 13 aromatic carbocycles. The number of para-hydroxylation sites is 1. The molecule has 2 aliphatic carbocycles. The third-order valence-electron chi connectivity index (χ3n) is 16.8. The molecule has 1 aromatic heterocycles. The number of benzene rings is 13. The fourth-order valence-electron chi connectivity index (χ4n) is 13.3. The lowest BCUT2D eigenvalue weighted by Gasteiger charge is -2.32. The predicted molar refractivity (Wildman–Crippen MR) is 323 cm³/mol. The van der Waals surface area contributed by atoms with Crippen molar-refractivity contribution in [1.29, 1.82) is 0 Å². The van der Waals surface area contributed by atoms with E-state index in [2.05, 4.69) is 301 Å². The molecule has 0 fully saturated rings. The fraction of sp³-hybridized carbons (Fsp3) is 0.0133. The van der Waals surface area contributed by atoms with Crippen molar-refractivity contribution in [3.63, 3.8) is 0 Å². The quantitative estimate of drug-likeness (QED) is 0.154. The number of aromatic nitrogens is 1. The van der Waals surface area contributed by atoms with Gasteiger partial charge >= 0.3 is 0 Å². The monoisotopic (exact) mass is 976 g/mol. The highest BCUT2D eigenvalue weighted by atomic mass is 15.1. The van der Waals surface area contributed by atoms with Crippen LogP contribution in [0.15, 0.2) is 291 Å². The highest BCUT2D eigenvalue weighted by Gasteiger charge is 2.52. The lowest BCUT2D eigenvalue weighted by Crippen LogP contribution is -2.26. The van der Waals surface area contributed by atoms with Crippen molar-refractivity contribution in [3.8, 4) is 61.3 Å². The molecule has 2 aliphatic rings. The lowest BCUT2D eigenvalue weighted by molar-refractivity contribution is 0.794. The molecule has 1 atom stereocenters. The molecule has 1 unspecified atom stereocenters. The van der Waals surface area contributed by atoms with E-state index in [4.69, 9.17) is 0 Å². The number of fused-ring (bicyclic) bond motifs is 16. The largest absolute Gasteiger partial charge is 0.310 e. The van der Waals surface area contributed by atoms with E-state index in [1.807, 2.05) is 0 Å². The maximum Gasteiger partial charge on any atom is 0.0726 e. The van der Waals surface area contributed by atoms with Crippen molar-refractivity contribution in [2.45, 2.75) is 5.41 Å². The van der Waals surface area contributed by atoms with Crippen LogP contribution in [0.25, 0.3) is 105 Å². The van der Waals surface area contributed by atoms with Crippen LogP contribution in [0, 0.1) is 0 Å². The fourth-order valence-corrected chi connectivity index (χ4v) is 13.3. The van der Waals surface area contributed by atoms with Gasteiger partial charge in [-0.05, 0) is 161 Å². The van der Waals surface area contributed by atoms with E-state index in [-0.39, 0.29) is 0 Å². The van der Waals surface area contributed by atoms with Crippen LogP contribution >= 0.6 is 0 Å². The van der Waals surface area contributed by atoms with Crippen LogP contribution in [0.2, 0.25) is 0 Å². The minimum Gasteiger partial charge on any atom is -0.310 e. The summed E-state index contributed by atoms with van der Waals surface area (Å²) in [5, 5.41) is 7.47. The topological polar surface area (TPSA) is 8.17 Å². The average molecular weight is 977 g/mol. The Labute approximate surface area is 447 Å². The molecule has 1 heterocycles. The number of rotatable bonds is 7. The van der Waals surface area contributed by atoms with Crippen molar-refractivity contribution in [3.05, 3.63) is 313 Å². The Bertz CT molecular complexity index is 4650. The normalized spacial score (nSPS) is 14.0. The van der Waals surface area contributed by atoms with Crippen LogP contribution < -0.4 is 4.90 Å². The van der Waals surface area contributed by atoms with Gasteiger partial charge in [0.2, 0.25) is 0 Å².